The van der Waals surface area contributed by atoms with Crippen molar-refractivity contribution in [1.29, 1.82) is 5.26 Å². The lowest BCUT2D eigenvalue weighted by Gasteiger charge is -2.23. The van der Waals surface area contributed by atoms with Crippen molar-refractivity contribution in [2.45, 2.75) is 6.04 Å². The molecule has 2 aromatic rings. The molecule has 0 aliphatic rings. The number of anilines is 1. The number of hydrogen-bond donors (Lipinski definition) is 1. The summed E-state index contributed by atoms with van der Waals surface area (Å²) in [6.45, 7) is 0. The van der Waals surface area contributed by atoms with Crippen molar-refractivity contribution >= 4 is 11.7 Å². The fraction of sp³-hybridized carbons (Fsp3) is 0.176. The molecule has 0 saturated heterocycles. The van der Waals surface area contributed by atoms with Gasteiger partial charge in [-0.3, -0.25) is 0 Å². The van der Waals surface area contributed by atoms with Crippen molar-refractivity contribution in [3.8, 4) is 17.6 Å². The predicted octanol–water partition coefficient (Wildman–Crippen LogP) is 1.62. The van der Waals surface area contributed by atoms with Crippen molar-refractivity contribution in [3.63, 3.8) is 0 Å². The smallest absolute Gasteiger partial charge is 0.163 e. The number of carbonyl (C=O) groups excluding carboxylic acids is 1. The largest absolute Gasteiger partial charge is 0.548 e. The van der Waals surface area contributed by atoms with Crippen molar-refractivity contribution in [2.24, 2.45) is 0 Å². The Morgan fingerprint density at radius 3 is 2.29 bits per heavy atom. The van der Waals surface area contributed by atoms with E-state index in [0.717, 1.165) is 6.07 Å². The molecule has 124 valence electrons. The van der Waals surface area contributed by atoms with E-state index in [1.54, 1.807) is 0 Å². The summed E-state index contributed by atoms with van der Waals surface area (Å²) >= 11 is 0. The topological polar surface area (TPSA) is 94.4 Å². The molecular formula is C17H14FN2O4-. The lowest BCUT2D eigenvalue weighted by atomic mass is 10.0. The van der Waals surface area contributed by atoms with Crippen LogP contribution in [-0.2, 0) is 4.79 Å². The molecule has 0 aromatic heterocycles. The number of hydrogen-bond acceptors (Lipinski definition) is 6. The zero-order valence-electron chi connectivity index (χ0n) is 13.0. The minimum absolute atomic E-state index is 0.147. The molecule has 0 aliphatic carbocycles. The molecule has 2 rings (SSSR count). The van der Waals surface area contributed by atoms with Gasteiger partial charge in [0.05, 0.1) is 37.9 Å². The Kier molecular flexibility index (Phi) is 5.22. The first-order valence-corrected chi connectivity index (χ1v) is 6.89. The Labute approximate surface area is 138 Å². The predicted molar refractivity (Wildman–Crippen MR) is 82.0 cm³/mol. The van der Waals surface area contributed by atoms with Gasteiger partial charge in [0.2, 0.25) is 0 Å². The van der Waals surface area contributed by atoms with Crippen LogP contribution in [0.5, 0.6) is 11.5 Å². The second kappa shape index (κ2) is 7.33. The van der Waals surface area contributed by atoms with E-state index >= 15 is 0 Å². The van der Waals surface area contributed by atoms with E-state index in [9.17, 15) is 14.3 Å². The molecule has 2 aromatic carbocycles. The molecule has 0 radical (unpaired) electrons. The summed E-state index contributed by atoms with van der Waals surface area (Å²) in [5.41, 5.74) is 0.664. The summed E-state index contributed by atoms with van der Waals surface area (Å²) in [6.07, 6.45) is 0. The molecule has 0 bridgehead atoms. The maximum Gasteiger partial charge on any atom is 0.163 e. The number of carboxylic acids is 1. The summed E-state index contributed by atoms with van der Waals surface area (Å²) in [4.78, 5) is 11.5. The molecule has 7 heteroatoms. The number of nitriles is 1. The molecular weight excluding hydrogens is 315 g/mol. The van der Waals surface area contributed by atoms with Crippen molar-refractivity contribution < 1.29 is 23.8 Å². The fourth-order valence-corrected chi connectivity index (χ4v) is 2.16. The zero-order valence-corrected chi connectivity index (χ0v) is 13.0. The normalized spacial score (nSPS) is 11.2. The van der Waals surface area contributed by atoms with Gasteiger partial charge in [-0.15, -0.1) is 0 Å². The first-order valence-electron chi connectivity index (χ1n) is 6.89. The van der Waals surface area contributed by atoms with Gasteiger partial charge in [0.25, 0.3) is 0 Å². The van der Waals surface area contributed by atoms with E-state index in [4.69, 9.17) is 14.7 Å². The summed E-state index contributed by atoms with van der Waals surface area (Å²) < 4.78 is 24.3. The van der Waals surface area contributed by atoms with E-state index < -0.39 is 17.8 Å². The van der Waals surface area contributed by atoms with Crippen molar-refractivity contribution in [1.82, 2.24) is 0 Å². The molecule has 1 N–H and O–H groups in total. The van der Waals surface area contributed by atoms with E-state index in [0.29, 0.717) is 11.3 Å². The van der Waals surface area contributed by atoms with Gasteiger partial charge in [0.1, 0.15) is 5.82 Å². The second-order valence-corrected chi connectivity index (χ2v) is 4.81. The first-order chi connectivity index (χ1) is 11.5. The van der Waals surface area contributed by atoms with E-state index in [-0.39, 0.29) is 17.1 Å². The van der Waals surface area contributed by atoms with Crippen LogP contribution in [0.4, 0.5) is 10.1 Å². The third-order valence-corrected chi connectivity index (χ3v) is 3.37. The molecule has 1 unspecified atom stereocenters. The second-order valence-electron chi connectivity index (χ2n) is 4.81. The maximum absolute atomic E-state index is 14.3. The molecule has 1 atom stereocenters. The quantitative estimate of drug-likeness (QED) is 0.865. The van der Waals surface area contributed by atoms with Crippen molar-refractivity contribution in [2.75, 3.05) is 19.5 Å². The highest BCUT2D eigenvalue weighted by Crippen LogP contribution is 2.33. The Balaban J connectivity index is 2.40. The SMILES string of the molecule is COc1cc(F)c(C(Nc2ccc(C#N)cc2)C(=O)[O-])cc1OC. The number of nitrogens with one attached hydrogen (secondary N) is 1. The van der Waals surface area contributed by atoms with Crippen LogP contribution in [0.2, 0.25) is 0 Å². The molecule has 0 saturated carbocycles. The number of benzene rings is 2. The highest BCUT2D eigenvalue weighted by atomic mass is 19.1. The van der Waals surface area contributed by atoms with E-state index in [2.05, 4.69) is 5.32 Å². The van der Waals surface area contributed by atoms with Crippen LogP contribution >= 0.6 is 0 Å². The van der Waals surface area contributed by atoms with Crippen LogP contribution in [0.1, 0.15) is 17.2 Å². The monoisotopic (exact) mass is 329 g/mol. The lowest BCUT2D eigenvalue weighted by molar-refractivity contribution is -0.307. The minimum atomic E-state index is -1.51. The molecule has 0 spiro atoms. The number of halogens is 1. The molecule has 0 fully saturated rings. The lowest BCUT2D eigenvalue weighted by Crippen LogP contribution is -2.34. The van der Waals surface area contributed by atoms with Gasteiger partial charge in [-0.1, -0.05) is 0 Å². The summed E-state index contributed by atoms with van der Waals surface area (Å²) in [5, 5.41) is 22.9. The van der Waals surface area contributed by atoms with E-state index in [1.165, 1.54) is 44.6 Å². The summed E-state index contributed by atoms with van der Waals surface area (Å²) in [7, 11) is 2.71. The molecule has 6 nitrogen and oxygen atoms in total. The molecule has 0 aliphatic heterocycles. The standard InChI is InChI=1S/C17H15FN2O4/c1-23-14-7-12(13(18)8-15(14)24-2)16(17(21)22)20-11-5-3-10(9-19)4-6-11/h3-8,16,20H,1-2H3,(H,21,22)/p-1. The van der Waals surface area contributed by atoms with Gasteiger partial charge >= 0.3 is 0 Å². The van der Waals surface area contributed by atoms with Gasteiger partial charge in [-0.05, 0) is 30.3 Å². The van der Waals surface area contributed by atoms with Crippen LogP contribution < -0.4 is 19.9 Å². The van der Waals surface area contributed by atoms with Crippen LogP contribution in [-0.4, -0.2) is 20.2 Å². The Bertz CT molecular complexity index is 784. The van der Waals surface area contributed by atoms with Crippen LogP contribution in [0.25, 0.3) is 0 Å². The van der Waals surface area contributed by atoms with Gasteiger partial charge in [-0.2, -0.15) is 5.26 Å². The van der Waals surface area contributed by atoms with Crippen molar-refractivity contribution in [3.05, 3.63) is 53.3 Å². The summed E-state index contributed by atoms with van der Waals surface area (Å²) in [6, 6.07) is 8.86. The van der Waals surface area contributed by atoms with Crippen LogP contribution in [0.15, 0.2) is 36.4 Å². The Hall–Kier alpha value is -3.27. The third-order valence-electron chi connectivity index (χ3n) is 3.37. The van der Waals surface area contributed by atoms with Gasteiger partial charge in [0, 0.05) is 17.3 Å². The highest BCUT2D eigenvalue weighted by Gasteiger charge is 2.20. The summed E-state index contributed by atoms with van der Waals surface area (Å²) in [5.74, 6) is -1.94. The number of ether oxygens (including phenoxy) is 2. The maximum atomic E-state index is 14.3. The number of aliphatic carboxylic acids is 1. The van der Waals surface area contributed by atoms with Crippen LogP contribution in [0.3, 0.4) is 0 Å². The average molecular weight is 329 g/mol. The Morgan fingerprint density at radius 2 is 1.79 bits per heavy atom. The molecule has 24 heavy (non-hydrogen) atoms. The third kappa shape index (κ3) is 3.55. The first kappa shape index (κ1) is 17.1. The Morgan fingerprint density at radius 1 is 1.21 bits per heavy atom. The number of nitrogens with zero attached hydrogens (tertiary/aromatic N) is 1. The minimum Gasteiger partial charge on any atom is -0.548 e. The number of methoxy groups -OCH3 is 2. The zero-order chi connectivity index (χ0) is 17.7. The number of rotatable bonds is 6. The molecule has 0 heterocycles. The highest BCUT2D eigenvalue weighted by molar-refractivity contribution is 5.78. The van der Waals surface area contributed by atoms with Crippen LogP contribution in [0, 0.1) is 17.1 Å². The average Bonchev–Trinajstić information content (AvgIpc) is 2.60. The van der Waals surface area contributed by atoms with Gasteiger partial charge in [-0.25, -0.2) is 4.39 Å². The van der Waals surface area contributed by atoms with E-state index in [1.807, 2.05) is 6.07 Å². The number of carboxylic acid groups (broad SMARTS) is 1. The fourth-order valence-electron chi connectivity index (χ4n) is 2.16. The number of carbonyl (C=O) groups is 1. The van der Waals surface area contributed by atoms with Gasteiger partial charge in [0.15, 0.2) is 11.5 Å². The molecule has 0 amide bonds. The van der Waals surface area contributed by atoms with Gasteiger partial charge < -0.3 is 24.7 Å².